The van der Waals surface area contributed by atoms with Crippen LogP contribution in [-0.2, 0) is 4.79 Å². The minimum absolute atomic E-state index is 0.108. The molecule has 7 heteroatoms. The van der Waals surface area contributed by atoms with Crippen LogP contribution in [0.2, 0.25) is 0 Å². The van der Waals surface area contributed by atoms with Gasteiger partial charge in [-0.2, -0.15) is 0 Å². The maximum atomic E-state index is 12.5. The van der Waals surface area contributed by atoms with Crippen molar-refractivity contribution >= 4 is 34.6 Å². The van der Waals surface area contributed by atoms with Gasteiger partial charge in [0.2, 0.25) is 5.91 Å². The van der Waals surface area contributed by atoms with Crippen molar-refractivity contribution < 1.29 is 14.3 Å². The molecular formula is C19H25N3O3S. The average molecular weight is 375 g/mol. The van der Waals surface area contributed by atoms with E-state index in [1.54, 1.807) is 29.5 Å². The van der Waals surface area contributed by atoms with E-state index in [1.807, 2.05) is 17.5 Å². The predicted molar refractivity (Wildman–Crippen MR) is 106 cm³/mol. The van der Waals surface area contributed by atoms with Gasteiger partial charge in [-0.15, -0.1) is 11.3 Å². The zero-order valence-corrected chi connectivity index (χ0v) is 16.5. The molecule has 2 rings (SSSR count). The zero-order valence-electron chi connectivity index (χ0n) is 15.7. The van der Waals surface area contributed by atoms with Gasteiger partial charge < -0.3 is 20.7 Å². The van der Waals surface area contributed by atoms with Gasteiger partial charge in [0.25, 0.3) is 0 Å². The number of ether oxygens (including phenoxy) is 1. The SMILES string of the molecule is COc1cc(NC(=O)N[C@@H](c2cccs2)C(C)(C)C)ccc1NC(C)=O. The lowest BCUT2D eigenvalue weighted by atomic mass is 9.86. The van der Waals surface area contributed by atoms with Gasteiger partial charge >= 0.3 is 6.03 Å². The van der Waals surface area contributed by atoms with E-state index < -0.39 is 0 Å². The Morgan fingerprint density at radius 1 is 1.15 bits per heavy atom. The van der Waals surface area contributed by atoms with Gasteiger partial charge in [-0.25, -0.2) is 4.79 Å². The molecule has 1 heterocycles. The Kier molecular flexibility index (Phi) is 6.26. The van der Waals surface area contributed by atoms with Gasteiger partial charge in [0.15, 0.2) is 0 Å². The highest BCUT2D eigenvalue weighted by molar-refractivity contribution is 7.10. The van der Waals surface area contributed by atoms with Gasteiger partial charge in [0.05, 0.1) is 18.8 Å². The first-order valence-electron chi connectivity index (χ1n) is 8.27. The smallest absolute Gasteiger partial charge is 0.319 e. The highest BCUT2D eigenvalue weighted by atomic mass is 32.1. The van der Waals surface area contributed by atoms with E-state index >= 15 is 0 Å². The topological polar surface area (TPSA) is 79.5 Å². The predicted octanol–water partition coefficient (Wildman–Crippen LogP) is 4.62. The molecule has 140 valence electrons. The highest BCUT2D eigenvalue weighted by Crippen LogP contribution is 2.35. The summed E-state index contributed by atoms with van der Waals surface area (Å²) < 4.78 is 5.28. The molecule has 3 amide bonds. The third-order valence-electron chi connectivity index (χ3n) is 3.74. The summed E-state index contributed by atoms with van der Waals surface area (Å²) in [6.07, 6.45) is 0. The maximum Gasteiger partial charge on any atom is 0.319 e. The molecule has 1 atom stereocenters. The molecule has 3 N–H and O–H groups in total. The second-order valence-electron chi connectivity index (χ2n) is 7.01. The Morgan fingerprint density at radius 3 is 2.42 bits per heavy atom. The first-order chi connectivity index (χ1) is 12.2. The number of carbonyl (C=O) groups is 2. The van der Waals surface area contributed by atoms with Crippen LogP contribution in [0.1, 0.15) is 38.6 Å². The largest absolute Gasteiger partial charge is 0.494 e. The van der Waals surface area contributed by atoms with Crippen LogP contribution in [0, 0.1) is 5.41 Å². The van der Waals surface area contributed by atoms with Crippen molar-refractivity contribution in [2.75, 3.05) is 17.7 Å². The summed E-state index contributed by atoms with van der Waals surface area (Å²) in [5.41, 5.74) is 0.999. The number of hydrogen-bond donors (Lipinski definition) is 3. The number of hydrogen-bond acceptors (Lipinski definition) is 4. The summed E-state index contributed by atoms with van der Waals surface area (Å²) >= 11 is 1.62. The van der Waals surface area contributed by atoms with E-state index in [4.69, 9.17) is 4.74 Å². The fourth-order valence-corrected chi connectivity index (χ4v) is 3.55. The number of benzene rings is 1. The molecule has 0 saturated carbocycles. The molecular weight excluding hydrogens is 350 g/mol. The number of urea groups is 1. The van der Waals surface area contributed by atoms with E-state index in [1.165, 1.54) is 14.0 Å². The molecule has 1 aromatic heterocycles. The van der Waals surface area contributed by atoms with E-state index in [2.05, 4.69) is 36.7 Å². The maximum absolute atomic E-state index is 12.5. The van der Waals surface area contributed by atoms with Crippen LogP contribution in [-0.4, -0.2) is 19.0 Å². The van der Waals surface area contributed by atoms with Gasteiger partial charge in [0.1, 0.15) is 5.75 Å². The second-order valence-corrected chi connectivity index (χ2v) is 7.99. The Hall–Kier alpha value is -2.54. The van der Waals surface area contributed by atoms with Crippen molar-refractivity contribution in [3.05, 3.63) is 40.6 Å². The molecule has 0 aliphatic carbocycles. The molecule has 0 fully saturated rings. The molecule has 0 saturated heterocycles. The van der Waals surface area contributed by atoms with E-state index in [-0.39, 0.29) is 23.4 Å². The third kappa shape index (κ3) is 5.23. The van der Waals surface area contributed by atoms with Crippen LogP contribution in [0.4, 0.5) is 16.2 Å². The number of methoxy groups -OCH3 is 1. The molecule has 0 aliphatic rings. The molecule has 0 bridgehead atoms. The van der Waals surface area contributed by atoms with Crippen LogP contribution in [0.25, 0.3) is 0 Å². The lowest BCUT2D eigenvalue weighted by molar-refractivity contribution is -0.114. The van der Waals surface area contributed by atoms with Crippen molar-refractivity contribution in [3.8, 4) is 5.75 Å². The number of rotatable bonds is 5. The van der Waals surface area contributed by atoms with Crippen LogP contribution >= 0.6 is 11.3 Å². The Balaban J connectivity index is 2.12. The standard InChI is InChI=1S/C19H25N3O3S/c1-12(23)20-14-9-8-13(11-15(14)25-5)21-18(24)22-17(19(2,3)4)16-7-6-10-26-16/h6-11,17H,1-5H3,(H,20,23)(H2,21,22,24)/t17-/m0/s1. The summed E-state index contributed by atoms with van der Waals surface area (Å²) in [5.74, 6) is 0.286. The van der Waals surface area contributed by atoms with Crippen LogP contribution in [0.15, 0.2) is 35.7 Å². The number of anilines is 2. The van der Waals surface area contributed by atoms with E-state index in [0.29, 0.717) is 17.1 Å². The molecule has 26 heavy (non-hydrogen) atoms. The van der Waals surface area contributed by atoms with Gasteiger partial charge in [-0.3, -0.25) is 4.79 Å². The number of thiophene rings is 1. The van der Waals surface area contributed by atoms with Crippen molar-refractivity contribution in [2.45, 2.75) is 33.7 Å². The van der Waals surface area contributed by atoms with Crippen molar-refractivity contribution in [1.29, 1.82) is 0 Å². The number of carbonyl (C=O) groups excluding carboxylic acids is 2. The third-order valence-corrected chi connectivity index (χ3v) is 4.68. The first kappa shape index (κ1) is 19.8. The van der Waals surface area contributed by atoms with Crippen molar-refractivity contribution in [1.82, 2.24) is 5.32 Å². The molecule has 0 unspecified atom stereocenters. The summed E-state index contributed by atoms with van der Waals surface area (Å²) in [5, 5.41) is 10.5. The lowest BCUT2D eigenvalue weighted by Gasteiger charge is -2.30. The van der Waals surface area contributed by atoms with Gasteiger partial charge in [0, 0.05) is 23.6 Å². The Labute approximate surface area is 157 Å². The second kappa shape index (κ2) is 8.23. The zero-order chi connectivity index (χ0) is 19.3. The van der Waals surface area contributed by atoms with Crippen LogP contribution < -0.4 is 20.7 Å². The average Bonchev–Trinajstić information content (AvgIpc) is 3.06. The minimum Gasteiger partial charge on any atom is -0.494 e. The van der Waals surface area contributed by atoms with E-state index in [0.717, 1.165) is 4.88 Å². The molecule has 0 aliphatic heterocycles. The molecule has 0 radical (unpaired) electrons. The molecule has 2 aromatic rings. The Bertz CT molecular complexity index is 767. The van der Waals surface area contributed by atoms with Crippen molar-refractivity contribution in [3.63, 3.8) is 0 Å². The van der Waals surface area contributed by atoms with Crippen molar-refractivity contribution in [2.24, 2.45) is 5.41 Å². The quantitative estimate of drug-likeness (QED) is 0.713. The molecule has 6 nitrogen and oxygen atoms in total. The molecule has 0 spiro atoms. The fraction of sp³-hybridized carbons (Fsp3) is 0.368. The fourth-order valence-electron chi connectivity index (χ4n) is 2.53. The number of amides is 3. The summed E-state index contributed by atoms with van der Waals surface area (Å²) in [4.78, 5) is 24.8. The summed E-state index contributed by atoms with van der Waals surface area (Å²) in [6.45, 7) is 7.69. The highest BCUT2D eigenvalue weighted by Gasteiger charge is 2.28. The normalized spacial score (nSPS) is 12.2. The van der Waals surface area contributed by atoms with Crippen LogP contribution in [0.5, 0.6) is 5.75 Å². The Morgan fingerprint density at radius 2 is 1.88 bits per heavy atom. The van der Waals surface area contributed by atoms with Gasteiger partial charge in [-0.1, -0.05) is 26.8 Å². The number of nitrogens with one attached hydrogen (secondary N) is 3. The summed E-state index contributed by atoms with van der Waals surface area (Å²) in [7, 11) is 1.51. The monoisotopic (exact) mass is 375 g/mol. The van der Waals surface area contributed by atoms with E-state index in [9.17, 15) is 9.59 Å². The molecule has 1 aromatic carbocycles. The lowest BCUT2D eigenvalue weighted by Crippen LogP contribution is -2.38. The van der Waals surface area contributed by atoms with Crippen LogP contribution in [0.3, 0.4) is 0 Å². The summed E-state index contributed by atoms with van der Waals surface area (Å²) in [6, 6.07) is 8.66. The van der Waals surface area contributed by atoms with Gasteiger partial charge in [-0.05, 0) is 29.0 Å². The first-order valence-corrected chi connectivity index (χ1v) is 9.15. The minimum atomic E-state index is -0.298.